The van der Waals surface area contributed by atoms with Gasteiger partial charge in [-0.2, -0.15) is 0 Å². The van der Waals surface area contributed by atoms with Crippen LogP contribution in [0, 0.1) is 10.1 Å². The fourth-order valence-electron chi connectivity index (χ4n) is 5.43. The van der Waals surface area contributed by atoms with E-state index in [9.17, 15) is 19.7 Å². The van der Waals surface area contributed by atoms with Gasteiger partial charge in [-0.05, 0) is 50.9 Å². The monoisotopic (exact) mass is 616 g/mol. The highest BCUT2D eigenvalue weighted by Gasteiger charge is 2.38. The molecule has 2 heterocycles. The van der Waals surface area contributed by atoms with E-state index < -0.39 is 22.8 Å². The van der Waals surface area contributed by atoms with E-state index in [-0.39, 0.29) is 23.4 Å². The van der Waals surface area contributed by atoms with E-state index in [4.69, 9.17) is 32.7 Å². The van der Waals surface area contributed by atoms with Crippen LogP contribution in [-0.2, 0) is 19.1 Å². The number of nitro benzene ring substituents is 1. The number of halogens is 2. The van der Waals surface area contributed by atoms with Crippen molar-refractivity contribution in [3.63, 3.8) is 0 Å². The van der Waals surface area contributed by atoms with Gasteiger partial charge >= 0.3 is 11.9 Å². The molecule has 42 heavy (non-hydrogen) atoms. The van der Waals surface area contributed by atoms with E-state index in [2.05, 4.69) is 15.1 Å². The standard InChI is InChI=1S/C30H34Cl2N4O6/c1-19-25(29(37)41-3)27(21-8-6-9-22(18-21)36(39)40)26(20(2)33-19)30(38)42-17-5-4-12-34-13-15-35(16-14-34)24-11-7-10-23(31)28(24)32/h6-11,18,27,33H,4-5,12-17H2,1-3H3. The highest BCUT2D eigenvalue weighted by molar-refractivity contribution is 6.43. The Bertz CT molecular complexity index is 1420. The number of carbonyl (C=O) groups excluding carboxylic acids is 2. The van der Waals surface area contributed by atoms with Crippen LogP contribution in [0.5, 0.6) is 0 Å². The molecular formula is C30H34Cl2N4O6. The molecule has 0 aliphatic carbocycles. The number of ether oxygens (including phenoxy) is 2. The fourth-order valence-corrected chi connectivity index (χ4v) is 5.84. The summed E-state index contributed by atoms with van der Waals surface area (Å²) in [6.07, 6.45) is 1.49. The number of anilines is 1. The summed E-state index contributed by atoms with van der Waals surface area (Å²) < 4.78 is 10.7. The Hall–Kier alpha value is -3.60. The van der Waals surface area contributed by atoms with E-state index >= 15 is 0 Å². The molecule has 224 valence electrons. The Morgan fingerprint density at radius 1 is 1.00 bits per heavy atom. The average Bonchev–Trinajstić information content (AvgIpc) is 2.98. The Morgan fingerprint density at radius 3 is 2.33 bits per heavy atom. The van der Waals surface area contributed by atoms with Crippen molar-refractivity contribution in [1.29, 1.82) is 0 Å². The molecule has 1 N–H and O–H groups in total. The lowest BCUT2D eigenvalue weighted by Crippen LogP contribution is -2.46. The molecule has 2 aromatic rings. The lowest BCUT2D eigenvalue weighted by molar-refractivity contribution is -0.384. The van der Waals surface area contributed by atoms with E-state index in [0.717, 1.165) is 44.8 Å². The van der Waals surface area contributed by atoms with Crippen LogP contribution < -0.4 is 10.2 Å². The summed E-state index contributed by atoms with van der Waals surface area (Å²) in [5.41, 5.74) is 2.67. The molecule has 2 aliphatic heterocycles. The van der Waals surface area contributed by atoms with Crippen molar-refractivity contribution >= 4 is 46.5 Å². The topological polar surface area (TPSA) is 114 Å². The van der Waals surface area contributed by atoms with Crippen molar-refractivity contribution in [2.75, 3.05) is 51.3 Å². The average molecular weight is 618 g/mol. The third kappa shape index (κ3) is 7.06. The van der Waals surface area contributed by atoms with Crippen LogP contribution in [0.2, 0.25) is 10.0 Å². The van der Waals surface area contributed by atoms with Crippen LogP contribution >= 0.6 is 23.2 Å². The molecule has 2 aromatic carbocycles. The lowest BCUT2D eigenvalue weighted by atomic mass is 9.80. The second kappa shape index (κ2) is 14.0. The lowest BCUT2D eigenvalue weighted by Gasteiger charge is -2.36. The maximum Gasteiger partial charge on any atom is 0.336 e. The number of hydrogen-bond donors (Lipinski definition) is 1. The summed E-state index contributed by atoms with van der Waals surface area (Å²) in [7, 11) is 1.25. The molecule has 1 fully saturated rings. The fraction of sp³-hybridized carbons (Fsp3) is 0.400. The number of hydrogen-bond acceptors (Lipinski definition) is 9. The first kappa shape index (κ1) is 31.3. The number of non-ortho nitro benzene ring substituents is 1. The minimum atomic E-state index is -0.879. The van der Waals surface area contributed by atoms with Gasteiger partial charge in [0.05, 0.1) is 51.4 Å². The minimum Gasteiger partial charge on any atom is -0.466 e. The van der Waals surface area contributed by atoms with Crippen LogP contribution in [0.25, 0.3) is 0 Å². The van der Waals surface area contributed by atoms with Crippen molar-refractivity contribution < 1.29 is 24.0 Å². The number of carbonyl (C=O) groups is 2. The largest absolute Gasteiger partial charge is 0.466 e. The van der Waals surface area contributed by atoms with Gasteiger partial charge in [-0.3, -0.25) is 15.0 Å². The van der Waals surface area contributed by atoms with Crippen molar-refractivity contribution in [2.45, 2.75) is 32.6 Å². The van der Waals surface area contributed by atoms with Crippen LogP contribution in [0.15, 0.2) is 65.0 Å². The number of dihydropyridines is 1. The Labute approximate surface area is 255 Å². The number of benzene rings is 2. The van der Waals surface area contributed by atoms with E-state index in [1.54, 1.807) is 26.0 Å². The molecule has 1 atom stereocenters. The normalized spacial score (nSPS) is 17.6. The molecule has 1 unspecified atom stereocenters. The third-order valence-corrected chi connectivity index (χ3v) is 8.35. The summed E-state index contributed by atoms with van der Waals surface area (Å²) in [6, 6.07) is 11.6. The summed E-state index contributed by atoms with van der Waals surface area (Å²) in [4.78, 5) is 41.7. The van der Waals surface area contributed by atoms with Gasteiger partial charge in [-0.1, -0.05) is 41.4 Å². The Kier molecular flexibility index (Phi) is 10.5. The zero-order chi connectivity index (χ0) is 30.4. The quantitative estimate of drug-likeness (QED) is 0.161. The first-order chi connectivity index (χ1) is 20.1. The zero-order valence-electron chi connectivity index (χ0n) is 23.8. The summed E-state index contributed by atoms with van der Waals surface area (Å²) >= 11 is 12.6. The highest BCUT2D eigenvalue weighted by atomic mass is 35.5. The number of nitro groups is 1. The summed E-state index contributed by atoms with van der Waals surface area (Å²) in [5, 5.41) is 15.6. The number of unbranched alkanes of at least 4 members (excludes halogenated alkanes) is 1. The van der Waals surface area contributed by atoms with Gasteiger partial charge in [0.2, 0.25) is 0 Å². The molecule has 4 rings (SSSR count). The van der Waals surface area contributed by atoms with Crippen LogP contribution in [-0.4, -0.2) is 68.2 Å². The second-order valence-corrected chi connectivity index (χ2v) is 11.0. The Balaban J connectivity index is 1.35. The van der Waals surface area contributed by atoms with Crippen LogP contribution in [0.4, 0.5) is 11.4 Å². The Morgan fingerprint density at radius 2 is 1.67 bits per heavy atom. The molecule has 0 spiro atoms. The highest BCUT2D eigenvalue weighted by Crippen LogP contribution is 2.40. The van der Waals surface area contributed by atoms with Crippen molar-refractivity contribution in [3.8, 4) is 0 Å². The predicted octanol–water partition coefficient (Wildman–Crippen LogP) is 5.46. The number of esters is 2. The second-order valence-electron chi connectivity index (χ2n) is 10.2. The van der Waals surface area contributed by atoms with E-state index in [1.165, 1.54) is 25.3 Å². The molecule has 0 bridgehead atoms. The molecule has 1 saturated heterocycles. The minimum absolute atomic E-state index is 0.144. The first-order valence-corrected chi connectivity index (χ1v) is 14.5. The van der Waals surface area contributed by atoms with Crippen molar-refractivity contribution in [2.24, 2.45) is 0 Å². The number of allylic oxidation sites excluding steroid dienone is 2. The summed E-state index contributed by atoms with van der Waals surface area (Å²) in [6.45, 7) is 7.92. The van der Waals surface area contributed by atoms with Crippen LogP contribution in [0.3, 0.4) is 0 Å². The number of nitrogens with one attached hydrogen (secondary N) is 1. The van der Waals surface area contributed by atoms with E-state index in [0.29, 0.717) is 33.4 Å². The molecule has 0 aromatic heterocycles. The molecule has 10 nitrogen and oxygen atoms in total. The van der Waals surface area contributed by atoms with Gasteiger partial charge in [-0.25, -0.2) is 9.59 Å². The predicted molar refractivity (Wildman–Crippen MR) is 162 cm³/mol. The smallest absolute Gasteiger partial charge is 0.336 e. The van der Waals surface area contributed by atoms with Crippen molar-refractivity contribution in [1.82, 2.24) is 10.2 Å². The number of nitrogens with zero attached hydrogens (tertiary/aromatic N) is 3. The van der Waals surface area contributed by atoms with Gasteiger partial charge in [-0.15, -0.1) is 0 Å². The van der Waals surface area contributed by atoms with Crippen LogP contribution in [0.1, 0.15) is 38.2 Å². The molecule has 0 radical (unpaired) electrons. The first-order valence-electron chi connectivity index (χ1n) is 13.7. The van der Waals surface area contributed by atoms with E-state index in [1.807, 2.05) is 12.1 Å². The number of methoxy groups -OCH3 is 1. The SMILES string of the molecule is COC(=O)C1=C(C)NC(C)=C(C(=O)OCCCCN2CCN(c3cccc(Cl)c3Cl)CC2)C1c1cccc([N+](=O)[O-])c1. The zero-order valence-corrected chi connectivity index (χ0v) is 25.3. The summed E-state index contributed by atoms with van der Waals surface area (Å²) in [5.74, 6) is -2.10. The van der Waals surface area contributed by atoms with Gasteiger partial charge in [0.25, 0.3) is 5.69 Å². The van der Waals surface area contributed by atoms with Gasteiger partial charge in [0.1, 0.15) is 0 Å². The van der Waals surface area contributed by atoms with Gasteiger partial charge < -0.3 is 19.7 Å². The third-order valence-electron chi connectivity index (χ3n) is 7.55. The maximum absolute atomic E-state index is 13.4. The molecule has 2 aliphatic rings. The number of piperazine rings is 1. The molecular weight excluding hydrogens is 583 g/mol. The van der Waals surface area contributed by atoms with Crippen molar-refractivity contribution in [3.05, 3.63) is 90.7 Å². The van der Waals surface area contributed by atoms with Gasteiger partial charge in [0.15, 0.2) is 0 Å². The van der Waals surface area contributed by atoms with Gasteiger partial charge in [0, 0.05) is 49.7 Å². The molecule has 0 amide bonds. The molecule has 0 saturated carbocycles. The maximum atomic E-state index is 13.4. The molecule has 12 heteroatoms. The number of rotatable bonds is 10.